The second-order valence-electron chi connectivity index (χ2n) is 6.20. The molecule has 0 unspecified atom stereocenters. The maximum atomic E-state index is 6.26. The third-order valence-corrected chi connectivity index (χ3v) is 5.69. The number of aryl methyl sites for hydroxylation is 1. The number of nitrogen functional groups attached to an aromatic ring is 1. The second kappa shape index (κ2) is 7.17. The molecule has 0 atom stereocenters. The van der Waals surface area contributed by atoms with E-state index in [0.29, 0.717) is 5.69 Å². The summed E-state index contributed by atoms with van der Waals surface area (Å²) < 4.78 is 3.44. The lowest BCUT2D eigenvalue weighted by atomic mass is 10.1. The largest absolute Gasteiger partial charge is 1.00 e. The summed E-state index contributed by atoms with van der Waals surface area (Å²) in [6.45, 7) is 8.33. The molecule has 0 saturated carbocycles. The van der Waals surface area contributed by atoms with Crippen molar-refractivity contribution < 1.29 is 12.4 Å². The highest BCUT2D eigenvalue weighted by atomic mass is 35.5. The molecule has 1 aliphatic heterocycles. The predicted octanol–water partition coefficient (Wildman–Crippen LogP) is 0.656. The highest BCUT2D eigenvalue weighted by Crippen LogP contribution is 2.35. The summed E-state index contributed by atoms with van der Waals surface area (Å²) in [5.41, 5.74) is 10.8. The molecule has 6 heteroatoms. The van der Waals surface area contributed by atoms with Crippen molar-refractivity contribution in [3.8, 4) is 10.6 Å². The van der Waals surface area contributed by atoms with Crippen LogP contribution in [0.3, 0.4) is 0 Å². The van der Waals surface area contributed by atoms with E-state index in [2.05, 4.69) is 47.7 Å². The Morgan fingerprint density at radius 1 is 1.00 bits per heavy atom. The van der Waals surface area contributed by atoms with Gasteiger partial charge in [-0.3, -0.25) is 4.98 Å². The monoisotopic (exact) mass is 384 g/mol. The van der Waals surface area contributed by atoms with Gasteiger partial charge in [-0.05, 0) is 45.0 Å². The summed E-state index contributed by atoms with van der Waals surface area (Å²) in [4.78, 5) is 10.7. The Balaban J connectivity index is 0.00000196. The zero-order valence-corrected chi connectivity index (χ0v) is 16.7. The predicted molar refractivity (Wildman–Crippen MR) is 107 cm³/mol. The van der Waals surface area contributed by atoms with Gasteiger partial charge in [-0.1, -0.05) is 0 Å². The van der Waals surface area contributed by atoms with Gasteiger partial charge < -0.3 is 18.1 Å². The molecule has 2 aromatic rings. The van der Waals surface area contributed by atoms with E-state index >= 15 is 0 Å². The molecule has 1 aliphatic carbocycles. The molecule has 0 spiro atoms. The highest BCUT2D eigenvalue weighted by molar-refractivity contribution is 7.21. The maximum absolute atomic E-state index is 6.26. The van der Waals surface area contributed by atoms with Crippen LogP contribution in [-0.2, 0) is 0 Å². The van der Waals surface area contributed by atoms with Crippen LogP contribution < -0.4 is 28.1 Å². The molecule has 4 nitrogen and oxygen atoms in total. The van der Waals surface area contributed by atoms with Crippen molar-refractivity contribution in [3.05, 3.63) is 47.4 Å². The van der Waals surface area contributed by atoms with Crippen LogP contribution in [0.15, 0.2) is 36.4 Å². The first-order valence-corrected chi connectivity index (χ1v) is 9.40. The Morgan fingerprint density at radius 3 is 2.50 bits per heavy atom. The summed E-state index contributed by atoms with van der Waals surface area (Å²) in [5, 5.41) is 2.26. The number of nitrogens with zero attached hydrogens (tertiary/aromatic N) is 3. The number of halogens is 1. The van der Waals surface area contributed by atoms with Gasteiger partial charge in [-0.25, -0.2) is 9.56 Å². The molecule has 0 fully saturated rings. The zero-order valence-electron chi connectivity index (χ0n) is 15.1. The zero-order chi connectivity index (χ0) is 17.6. The molecule has 0 amide bonds. The summed E-state index contributed by atoms with van der Waals surface area (Å²) in [7, 11) is 0. The van der Waals surface area contributed by atoms with Crippen LogP contribution in [-0.4, -0.2) is 23.1 Å². The summed E-state index contributed by atoms with van der Waals surface area (Å²) in [5.74, 6) is 0. The molecule has 0 bridgehead atoms. The number of nitrogens with two attached hydrogens (primary N) is 1. The van der Waals surface area contributed by atoms with Crippen molar-refractivity contribution in [1.82, 2.24) is 14.5 Å². The van der Waals surface area contributed by atoms with Crippen molar-refractivity contribution >= 4 is 38.1 Å². The molecule has 1 aromatic heterocycles. The van der Waals surface area contributed by atoms with Gasteiger partial charge >= 0.3 is 0 Å². The van der Waals surface area contributed by atoms with Crippen molar-refractivity contribution in [2.75, 3.05) is 18.8 Å². The SMILES string of the molecule is CC[N+](CC)=c1ccc2nc3c(cc(N)c4nc(C)ccc43)sc-2c1.[Cl-]. The molecule has 134 valence electrons. The number of anilines is 1. The van der Waals surface area contributed by atoms with Crippen molar-refractivity contribution in [1.29, 1.82) is 0 Å². The first-order chi connectivity index (χ1) is 12.1. The van der Waals surface area contributed by atoms with Gasteiger partial charge in [0.1, 0.15) is 13.1 Å². The number of pyridine rings is 1. The molecule has 2 heterocycles. The molecule has 1 aromatic carbocycles. The Morgan fingerprint density at radius 2 is 1.77 bits per heavy atom. The minimum Gasteiger partial charge on any atom is -1.00 e. The Hall–Kier alpha value is -2.24. The van der Waals surface area contributed by atoms with Crippen LogP contribution >= 0.6 is 11.3 Å². The van der Waals surface area contributed by atoms with Gasteiger partial charge in [0.15, 0.2) is 0 Å². The minimum atomic E-state index is 0. The molecular weight excluding hydrogens is 364 g/mol. The number of aromatic nitrogens is 2. The normalized spacial score (nSPS) is 11.0. The number of fused-ring (bicyclic) bond motifs is 4. The summed E-state index contributed by atoms with van der Waals surface area (Å²) >= 11 is 1.74. The number of benzene rings is 2. The number of hydrogen-bond donors (Lipinski definition) is 1. The number of hydrogen-bond acceptors (Lipinski definition) is 4. The molecule has 4 rings (SSSR count). The second-order valence-corrected chi connectivity index (χ2v) is 7.28. The summed E-state index contributed by atoms with van der Waals surface area (Å²) in [6, 6.07) is 12.6. The van der Waals surface area contributed by atoms with Crippen LogP contribution in [0.1, 0.15) is 19.5 Å². The van der Waals surface area contributed by atoms with Crippen molar-refractivity contribution in [2.45, 2.75) is 20.8 Å². The van der Waals surface area contributed by atoms with Crippen molar-refractivity contribution in [2.24, 2.45) is 0 Å². The van der Waals surface area contributed by atoms with E-state index in [-0.39, 0.29) is 12.4 Å². The summed E-state index contributed by atoms with van der Waals surface area (Å²) in [6.07, 6.45) is 0. The van der Waals surface area contributed by atoms with Crippen LogP contribution in [0.5, 0.6) is 0 Å². The van der Waals surface area contributed by atoms with Gasteiger partial charge in [0.05, 0.1) is 32.0 Å². The van der Waals surface area contributed by atoms with E-state index in [1.807, 2.05) is 19.1 Å². The third kappa shape index (κ3) is 3.02. The van der Waals surface area contributed by atoms with Gasteiger partial charge in [0.25, 0.3) is 0 Å². The third-order valence-electron chi connectivity index (χ3n) is 4.61. The fourth-order valence-electron chi connectivity index (χ4n) is 3.27. The van der Waals surface area contributed by atoms with Gasteiger partial charge in [-0.15, -0.1) is 11.3 Å². The van der Waals surface area contributed by atoms with Gasteiger partial charge in [0, 0.05) is 23.2 Å². The van der Waals surface area contributed by atoms with Crippen LogP contribution in [0.25, 0.3) is 31.7 Å². The average molecular weight is 385 g/mol. The lowest BCUT2D eigenvalue weighted by Gasteiger charge is -2.10. The lowest BCUT2D eigenvalue weighted by molar-refractivity contribution is -0.00000521. The van der Waals surface area contributed by atoms with E-state index in [1.54, 1.807) is 11.3 Å². The van der Waals surface area contributed by atoms with Crippen molar-refractivity contribution in [3.63, 3.8) is 0 Å². The quantitative estimate of drug-likeness (QED) is 0.239. The Bertz CT molecular complexity index is 1140. The van der Waals surface area contributed by atoms with Crippen LogP contribution in [0.4, 0.5) is 5.69 Å². The Kier molecular flexibility index (Phi) is 5.12. The average Bonchev–Trinajstić information content (AvgIpc) is 2.61. The Labute approximate surface area is 162 Å². The standard InChI is InChI=1S/C20H20N4S.ClH/c1-4-24(5-2)13-7-9-16-17(10-13)25-18-11-15(21)19-14(20(18)23-16)8-6-12(3)22-19;/h6-11,21H,4-5H2,1-3H3;1H. The smallest absolute Gasteiger partial charge is 0.201 e. The molecule has 0 radical (unpaired) electrons. The van der Waals surface area contributed by atoms with E-state index in [4.69, 9.17) is 10.7 Å². The van der Waals surface area contributed by atoms with E-state index in [0.717, 1.165) is 45.6 Å². The van der Waals surface area contributed by atoms with E-state index < -0.39 is 0 Å². The molecule has 0 saturated heterocycles. The first kappa shape index (κ1) is 18.5. The molecule has 2 aliphatic rings. The van der Waals surface area contributed by atoms with E-state index in [1.165, 1.54) is 10.2 Å². The minimum absolute atomic E-state index is 0. The van der Waals surface area contributed by atoms with Crippen LogP contribution in [0, 0.1) is 6.92 Å². The highest BCUT2D eigenvalue weighted by Gasteiger charge is 2.14. The molecule has 26 heavy (non-hydrogen) atoms. The van der Waals surface area contributed by atoms with Gasteiger partial charge in [0.2, 0.25) is 5.36 Å². The van der Waals surface area contributed by atoms with Crippen LogP contribution in [0.2, 0.25) is 0 Å². The lowest BCUT2D eigenvalue weighted by Crippen LogP contribution is -3.00. The fourth-order valence-corrected chi connectivity index (χ4v) is 4.35. The molecular formula is C20H21ClN4S. The fraction of sp³-hybridized carbons (Fsp3) is 0.250. The first-order valence-electron chi connectivity index (χ1n) is 8.59. The number of rotatable bonds is 2. The van der Waals surface area contributed by atoms with E-state index in [9.17, 15) is 0 Å². The maximum Gasteiger partial charge on any atom is 0.201 e. The topological polar surface area (TPSA) is 54.8 Å². The molecule has 2 N–H and O–H groups in total. The van der Waals surface area contributed by atoms with Gasteiger partial charge in [-0.2, -0.15) is 0 Å².